The first-order valence-corrected chi connectivity index (χ1v) is 6.80. The Hall–Kier alpha value is -2.11. The zero-order valence-electron chi connectivity index (χ0n) is 10.2. The smallest absolute Gasteiger partial charge is 0.408 e. The SMILES string of the molecule is CC(C)(C#N)NS(=O)(=O)c1ccc2[nH]c(=O)oc2c1. The van der Waals surface area contributed by atoms with Crippen molar-refractivity contribution in [2.75, 3.05) is 0 Å². The highest BCUT2D eigenvalue weighted by molar-refractivity contribution is 7.89. The molecule has 2 N–H and O–H groups in total. The molecule has 100 valence electrons. The van der Waals surface area contributed by atoms with Gasteiger partial charge in [-0.15, -0.1) is 0 Å². The predicted octanol–water partition coefficient (Wildman–Crippen LogP) is 0.702. The van der Waals surface area contributed by atoms with E-state index in [0.29, 0.717) is 5.52 Å². The van der Waals surface area contributed by atoms with E-state index in [4.69, 9.17) is 9.68 Å². The van der Waals surface area contributed by atoms with Gasteiger partial charge in [0, 0.05) is 6.07 Å². The van der Waals surface area contributed by atoms with Gasteiger partial charge in [-0.3, -0.25) is 4.98 Å². The quantitative estimate of drug-likeness (QED) is 0.859. The molecule has 0 spiro atoms. The summed E-state index contributed by atoms with van der Waals surface area (Å²) in [6.45, 7) is 2.89. The number of H-pyrrole nitrogens is 1. The maximum absolute atomic E-state index is 12.1. The molecule has 1 aromatic carbocycles. The molecule has 1 heterocycles. The summed E-state index contributed by atoms with van der Waals surface area (Å²) < 4.78 is 31.2. The molecule has 0 saturated heterocycles. The van der Waals surface area contributed by atoms with Crippen molar-refractivity contribution in [1.29, 1.82) is 5.26 Å². The van der Waals surface area contributed by atoms with Crippen molar-refractivity contribution < 1.29 is 12.8 Å². The van der Waals surface area contributed by atoms with E-state index in [9.17, 15) is 13.2 Å². The third-order valence-electron chi connectivity index (χ3n) is 2.37. The van der Waals surface area contributed by atoms with Crippen molar-refractivity contribution in [2.45, 2.75) is 24.3 Å². The van der Waals surface area contributed by atoms with E-state index in [1.54, 1.807) is 0 Å². The van der Waals surface area contributed by atoms with Crippen LogP contribution in [0.5, 0.6) is 0 Å². The fourth-order valence-corrected chi connectivity index (χ4v) is 2.86. The minimum absolute atomic E-state index is 0.0777. The molecule has 0 aliphatic carbocycles. The minimum Gasteiger partial charge on any atom is -0.408 e. The normalized spacial score (nSPS) is 12.5. The summed E-state index contributed by atoms with van der Waals surface area (Å²) in [5.74, 6) is -0.658. The molecule has 2 rings (SSSR count). The Morgan fingerprint density at radius 1 is 1.42 bits per heavy atom. The fourth-order valence-electron chi connectivity index (χ4n) is 1.51. The lowest BCUT2D eigenvalue weighted by atomic mass is 10.1. The highest BCUT2D eigenvalue weighted by atomic mass is 32.2. The molecule has 0 amide bonds. The maximum Gasteiger partial charge on any atom is 0.417 e. The van der Waals surface area contributed by atoms with E-state index in [1.807, 2.05) is 6.07 Å². The number of oxazole rings is 1. The highest BCUT2D eigenvalue weighted by Crippen LogP contribution is 2.18. The number of nitriles is 1. The molecule has 0 fully saturated rings. The number of aromatic nitrogens is 1. The van der Waals surface area contributed by atoms with Crippen molar-refractivity contribution in [3.63, 3.8) is 0 Å². The van der Waals surface area contributed by atoms with Crippen LogP contribution in [-0.2, 0) is 10.0 Å². The molecule has 0 bridgehead atoms. The molecule has 2 aromatic rings. The van der Waals surface area contributed by atoms with Gasteiger partial charge in [0.05, 0.1) is 16.5 Å². The van der Waals surface area contributed by atoms with Crippen LogP contribution >= 0.6 is 0 Å². The second-order valence-electron chi connectivity index (χ2n) is 4.51. The summed E-state index contributed by atoms with van der Waals surface area (Å²) in [5, 5.41) is 8.84. The third-order valence-corrected chi connectivity index (χ3v) is 4.03. The molecule has 7 nitrogen and oxygen atoms in total. The van der Waals surface area contributed by atoms with Crippen LogP contribution in [0.2, 0.25) is 0 Å². The van der Waals surface area contributed by atoms with E-state index in [2.05, 4.69) is 9.71 Å². The molecular formula is C11H11N3O4S. The van der Waals surface area contributed by atoms with Gasteiger partial charge in [-0.2, -0.15) is 9.98 Å². The van der Waals surface area contributed by atoms with Crippen molar-refractivity contribution in [2.24, 2.45) is 0 Å². The van der Waals surface area contributed by atoms with Crippen LogP contribution in [0.4, 0.5) is 0 Å². The van der Waals surface area contributed by atoms with Crippen LogP contribution in [0.1, 0.15) is 13.8 Å². The summed E-state index contributed by atoms with van der Waals surface area (Å²) in [6.07, 6.45) is 0. The first-order chi connectivity index (χ1) is 8.73. The lowest BCUT2D eigenvalue weighted by molar-refractivity contribution is 0.534. The largest absolute Gasteiger partial charge is 0.417 e. The number of benzene rings is 1. The summed E-state index contributed by atoms with van der Waals surface area (Å²) in [6, 6.07) is 5.81. The van der Waals surface area contributed by atoms with E-state index in [1.165, 1.54) is 32.0 Å². The van der Waals surface area contributed by atoms with Gasteiger partial charge in [0.2, 0.25) is 10.0 Å². The van der Waals surface area contributed by atoms with Gasteiger partial charge in [-0.25, -0.2) is 13.2 Å². The summed E-state index contributed by atoms with van der Waals surface area (Å²) in [4.78, 5) is 13.3. The van der Waals surface area contributed by atoms with Crippen LogP contribution < -0.4 is 10.5 Å². The van der Waals surface area contributed by atoms with E-state index in [0.717, 1.165) is 0 Å². The Balaban J connectivity index is 2.49. The lowest BCUT2D eigenvalue weighted by Gasteiger charge is -2.17. The van der Waals surface area contributed by atoms with Crippen LogP contribution in [0.3, 0.4) is 0 Å². The first kappa shape index (κ1) is 13.3. The van der Waals surface area contributed by atoms with E-state index < -0.39 is 21.3 Å². The standard InChI is InChI=1S/C11H11N3O4S/c1-11(2,6-12)14-19(16,17)7-3-4-8-9(5-7)18-10(15)13-8/h3-5,14H,1-2H3,(H,13,15). The van der Waals surface area contributed by atoms with Crippen molar-refractivity contribution in [3.8, 4) is 6.07 Å². The van der Waals surface area contributed by atoms with Gasteiger partial charge in [0.1, 0.15) is 5.54 Å². The van der Waals surface area contributed by atoms with Crippen molar-refractivity contribution in [3.05, 3.63) is 28.7 Å². The van der Waals surface area contributed by atoms with E-state index >= 15 is 0 Å². The third kappa shape index (κ3) is 2.67. The summed E-state index contributed by atoms with van der Waals surface area (Å²) in [7, 11) is -3.86. The van der Waals surface area contributed by atoms with Crippen LogP contribution in [0.15, 0.2) is 32.3 Å². The number of fused-ring (bicyclic) bond motifs is 1. The number of rotatable bonds is 3. The monoisotopic (exact) mass is 281 g/mol. The van der Waals surface area contributed by atoms with Gasteiger partial charge < -0.3 is 4.42 Å². The lowest BCUT2D eigenvalue weighted by Crippen LogP contribution is -2.41. The minimum atomic E-state index is -3.86. The number of nitrogens with one attached hydrogen (secondary N) is 2. The Labute approximate surface area is 108 Å². The number of hydrogen-bond acceptors (Lipinski definition) is 5. The molecule has 0 saturated carbocycles. The topological polar surface area (TPSA) is 116 Å². The Kier molecular flexibility index (Phi) is 2.96. The Bertz CT molecular complexity index is 823. The Morgan fingerprint density at radius 3 is 2.74 bits per heavy atom. The fraction of sp³-hybridized carbons (Fsp3) is 0.273. The number of nitrogens with zero attached hydrogens (tertiary/aromatic N) is 1. The molecule has 0 aliphatic heterocycles. The predicted molar refractivity (Wildman–Crippen MR) is 66.8 cm³/mol. The van der Waals surface area contributed by atoms with Crippen LogP contribution in [0.25, 0.3) is 11.1 Å². The molecule has 8 heteroatoms. The van der Waals surface area contributed by atoms with Gasteiger partial charge in [0.25, 0.3) is 0 Å². The second kappa shape index (κ2) is 4.22. The van der Waals surface area contributed by atoms with Gasteiger partial charge in [0.15, 0.2) is 5.58 Å². The first-order valence-electron chi connectivity index (χ1n) is 5.32. The second-order valence-corrected chi connectivity index (χ2v) is 6.20. The number of sulfonamides is 1. The van der Waals surface area contributed by atoms with Crippen molar-refractivity contribution in [1.82, 2.24) is 9.71 Å². The average molecular weight is 281 g/mol. The number of aromatic amines is 1. The molecule has 1 aromatic heterocycles. The molecular weight excluding hydrogens is 270 g/mol. The maximum atomic E-state index is 12.1. The summed E-state index contributed by atoms with van der Waals surface area (Å²) in [5.41, 5.74) is -0.682. The molecule has 0 atom stereocenters. The number of hydrogen-bond donors (Lipinski definition) is 2. The molecule has 19 heavy (non-hydrogen) atoms. The molecule has 0 aliphatic rings. The van der Waals surface area contributed by atoms with Gasteiger partial charge in [-0.1, -0.05) is 0 Å². The zero-order valence-corrected chi connectivity index (χ0v) is 11.0. The summed E-state index contributed by atoms with van der Waals surface area (Å²) >= 11 is 0. The van der Waals surface area contributed by atoms with Crippen LogP contribution in [0, 0.1) is 11.3 Å². The van der Waals surface area contributed by atoms with Gasteiger partial charge in [-0.05, 0) is 26.0 Å². The van der Waals surface area contributed by atoms with Gasteiger partial charge >= 0.3 is 5.76 Å². The average Bonchev–Trinajstić information content (AvgIpc) is 2.66. The van der Waals surface area contributed by atoms with Crippen molar-refractivity contribution >= 4 is 21.1 Å². The zero-order chi connectivity index (χ0) is 14.3. The Morgan fingerprint density at radius 2 is 2.11 bits per heavy atom. The van der Waals surface area contributed by atoms with E-state index in [-0.39, 0.29) is 10.5 Å². The molecule has 0 unspecified atom stereocenters. The molecule has 0 radical (unpaired) electrons. The highest BCUT2D eigenvalue weighted by Gasteiger charge is 2.26. The van der Waals surface area contributed by atoms with Crippen LogP contribution in [-0.4, -0.2) is 18.9 Å².